The predicted molar refractivity (Wildman–Crippen MR) is 92.8 cm³/mol. The molecule has 1 aliphatic carbocycles. The van der Waals surface area contributed by atoms with Gasteiger partial charge in [0.2, 0.25) is 5.91 Å². The zero-order valence-corrected chi connectivity index (χ0v) is 14.9. The number of nitrogens with one attached hydrogen (secondary N) is 1. The maximum absolute atomic E-state index is 12.0. The van der Waals surface area contributed by atoms with Gasteiger partial charge in [0.25, 0.3) is 0 Å². The molecular formula is C16H20N2O3S2. The largest absolute Gasteiger partial charge is 0.465 e. The molecule has 1 N–H and O–H groups in total. The van der Waals surface area contributed by atoms with E-state index in [1.54, 1.807) is 6.92 Å². The molecule has 0 saturated heterocycles. The fourth-order valence-corrected chi connectivity index (χ4v) is 4.54. The molecule has 0 spiro atoms. The van der Waals surface area contributed by atoms with Gasteiger partial charge in [-0.05, 0) is 37.7 Å². The van der Waals surface area contributed by atoms with E-state index in [1.165, 1.54) is 28.0 Å². The fourth-order valence-electron chi connectivity index (χ4n) is 2.55. The molecule has 1 atom stereocenters. The summed E-state index contributed by atoms with van der Waals surface area (Å²) < 4.78 is 4.81. The van der Waals surface area contributed by atoms with Crippen molar-refractivity contribution in [3.8, 4) is 6.07 Å². The van der Waals surface area contributed by atoms with Gasteiger partial charge in [0.05, 0.1) is 23.7 Å². The van der Waals surface area contributed by atoms with Gasteiger partial charge in [-0.15, -0.1) is 23.1 Å². The van der Waals surface area contributed by atoms with Crippen LogP contribution in [0.4, 0.5) is 5.00 Å². The van der Waals surface area contributed by atoms with Gasteiger partial charge < -0.3 is 10.1 Å². The molecule has 23 heavy (non-hydrogen) atoms. The number of carbonyl (C=O) groups excluding carboxylic acids is 2. The van der Waals surface area contributed by atoms with E-state index in [0.29, 0.717) is 23.1 Å². The van der Waals surface area contributed by atoms with Crippen molar-refractivity contribution >= 4 is 40.0 Å². The average Bonchev–Trinajstić information content (AvgIpc) is 2.83. The van der Waals surface area contributed by atoms with Crippen molar-refractivity contribution in [3.05, 3.63) is 16.0 Å². The van der Waals surface area contributed by atoms with E-state index in [4.69, 9.17) is 4.74 Å². The number of nitrogens with zero attached hydrogens (tertiary/aromatic N) is 1. The van der Waals surface area contributed by atoms with Crippen molar-refractivity contribution in [3.63, 3.8) is 0 Å². The number of hydrogen-bond acceptors (Lipinski definition) is 6. The average molecular weight is 352 g/mol. The van der Waals surface area contributed by atoms with Gasteiger partial charge in [-0.2, -0.15) is 5.26 Å². The number of anilines is 1. The van der Waals surface area contributed by atoms with Crippen molar-refractivity contribution < 1.29 is 14.3 Å². The summed E-state index contributed by atoms with van der Waals surface area (Å²) in [6.45, 7) is 4.30. The van der Waals surface area contributed by atoms with Crippen molar-refractivity contribution in [2.75, 3.05) is 23.4 Å². The van der Waals surface area contributed by atoms with Crippen LogP contribution in [-0.2, 0) is 27.2 Å². The standard InChI is InChI=1S/C16H20N2O3S2/c1-3-21-15(20)9-22-8-14(19)18-16-12(7-17)11-5-4-10(2)6-13(11)23-16/h10H,3-6,8-9H2,1-2H3,(H,18,19)/t10-/m0/s1. The van der Waals surface area contributed by atoms with E-state index in [0.717, 1.165) is 24.8 Å². The van der Waals surface area contributed by atoms with Gasteiger partial charge >= 0.3 is 5.97 Å². The number of thioether (sulfide) groups is 1. The van der Waals surface area contributed by atoms with E-state index >= 15 is 0 Å². The number of nitriles is 1. The van der Waals surface area contributed by atoms with Gasteiger partial charge in [0.1, 0.15) is 11.1 Å². The van der Waals surface area contributed by atoms with Crippen LogP contribution in [0.3, 0.4) is 0 Å². The molecule has 0 unspecified atom stereocenters. The third-order valence-electron chi connectivity index (χ3n) is 3.63. The van der Waals surface area contributed by atoms with Crippen molar-refractivity contribution in [2.24, 2.45) is 5.92 Å². The second-order valence-corrected chi connectivity index (χ2v) is 7.60. The second-order valence-electron chi connectivity index (χ2n) is 5.51. The Balaban J connectivity index is 1.94. The summed E-state index contributed by atoms with van der Waals surface area (Å²) in [7, 11) is 0. The van der Waals surface area contributed by atoms with E-state index in [-0.39, 0.29) is 23.4 Å². The Kier molecular flexibility index (Phi) is 6.48. The summed E-state index contributed by atoms with van der Waals surface area (Å²) in [4.78, 5) is 24.5. The normalized spacial score (nSPS) is 16.3. The van der Waals surface area contributed by atoms with Crippen LogP contribution in [-0.4, -0.2) is 30.0 Å². The highest BCUT2D eigenvalue weighted by molar-refractivity contribution is 8.00. The predicted octanol–water partition coefficient (Wildman–Crippen LogP) is 2.98. The molecule has 124 valence electrons. The Hall–Kier alpha value is -1.52. The summed E-state index contributed by atoms with van der Waals surface area (Å²) in [5, 5.41) is 12.9. The number of thiophene rings is 1. The van der Waals surface area contributed by atoms with Gasteiger partial charge in [-0.1, -0.05) is 6.92 Å². The van der Waals surface area contributed by atoms with E-state index in [9.17, 15) is 14.9 Å². The molecule has 1 aromatic rings. The first-order valence-corrected chi connectivity index (χ1v) is 9.60. The lowest BCUT2D eigenvalue weighted by Crippen LogP contribution is -2.16. The molecule has 0 aliphatic heterocycles. The lowest BCUT2D eigenvalue weighted by Gasteiger charge is -2.17. The first-order chi connectivity index (χ1) is 11.0. The molecule has 0 saturated carbocycles. The molecule has 1 aliphatic rings. The number of hydrogen-bond donors (Lipinski definition) is 1. The van der Waals surface area contributed by atoms with Crippen LogP contribution >= 0.6 is 23.1 Å². The van der Waals surface area contributed by atoms with Crippen molar-refractivity contribution in [1.29, 1.82) is 5.26 Å². The Morgan fingerprint density at radius 3 is 2.96 bits per heavy atom. The van der Waals surface area contributed by atoms with Gasteiger partial charge in [0, 0.05) is 4.88 Å². The number of amides is 1. The Morgan fingerprint density at radius 1 is 1.48 bits per heavy atom. The van der Waals surface area contributed by atoms with Crippen LogP contribution in [0, 0.1) is 17.2 Å². The number of fused-ring (bicyclic) bond motifs is 1. The minimum absolute atomic E-state index is 0.158. The number of esters is 1. The van der Waals surface area contributed by atoms with Crippen LogP contribution in [0.5, 0.6) is 0 Å². The summed E-state index contributed by atoms with van der Waals surface area (Å²) >= 11 is 2.72. The molecule has 0 radical (unpaired) electrons. The van der Waals surface area contributed by atoms with Gasteiger partial charge in [-0.25, -0.2) is 0 Å². The molecular weight excluding hydrogens is 332 g/mol. The molecule has 0 aromatic carbocycles. The second kappa shape index (κ2) is 8.37. The minimum Gasteiger partial charge on any atom is -0.465 e. The first-order valence-electron chi connectivity index (χ1n) is 7.63. The maximum atomic E-state index is 12.0. The number of ether oxygens (including phenoxy) is 1. The van der Waals surface area contributed by atoms with Crippen LogP contribution in [0.2, 0.25) is 0 Å². The highest BCUT2D eigenvalue weighted by Gasteiger charge is 2.24. The Morgan fingerprint density at radius 2 is 2.26 bits per heavy atom. The van der Waals surface area contributed by atoms with Crippen LogP contribution < -0.4 is 5.32 Å². The monoisotopic (exact) mass is 352 g/mol. The molecule has 7 heteroatoms. The molecule has 1 heterocycles. The van der Waals surface area contributed by atoms with E-state index in [1.807, 2.05) is 0 Å². The first kappa shape index (κ1) is 17.8. The van der Waals surface area contributed by atoms with E-state index < -0.39 is 0 Å². The molecule has 0 fully saturated rings. The van der Waals surface area contributed by atoms with Gasteiger partial charge in [-0.3, -0.25) is 9.59 Å². The summed E-state index contributed by atoms with van der Waals surface area (Å²) in [6.07, 6.45) is 2.97. The third kappa shape index (κ3) is 4.72. The molecule has 1 amide bonds. The SMILES string of the molecule is CCOC(=O)CSCC(=O)Nc1sc2c(c1C#N)CC[C@H](C)C2. The topological polar surface area (TPSA) is 79.2 Å². The highest BCUT2D eigenvalue weighted by atomic mass is 32.2. The lowest BCUT2D eigenvalue weighted by atomic mass is 9.89. The minimum atomic E-state index is -0.316. The maximum Gasteiger partial charge on any atom is 0.315 e. The highest BCUT2D eigenvalue weighted by Crippen LogP contribution is 2.39. The quantitative estimate of drug-likeness (QED) is 0.796. The molecule has 0 bridgehead atoms. The number of rotatable bonds is 6. The van der Waals surface area contributed by atoms with Gasteiger partial charge in [0.15, 0.2) is 0 Å². The molecule has 2 rings (SSSR count). The van der Waals surface area contributed by atoms with Crippen LogP contribution in [0.25, 0.3) is 0 Å². The van der Waals surface area contributed by atoms with Crippen LogP contribution in [0.15, 0.2) is 0 Å². The molecule has 1 aromatic heterocycles. The van der Waals surface area contributed by atoms with E-state index in [2.05, 4.69) is 18.3 Å². The lowest BCUT2D eigenvalue weighted by molar-refractivity contribution is -0.139. The summed E-state index contributed by atoms with van der Waals surface area (Å²) in [5.41, 5.74) is 1.71. The summed E-state index contributed by atoms with van der Waals surface area (Å²) in [6, 6.07) is 2.23. The third-order valence-corrected chi connectivity index (χ3v) is 5.71. The smallest absolute Gasteiger partial charge is 0.315 e. The Bertz CT molecular complexity index is 634. The van der Waals surface area contributed by atoms with Crippen molar-refractivity contribution in [1.82, 2.24) is 0 Å². The Labute approximate surface area is 144 Å². The van der Waals surface area contributed by atoms with Crippen LogP contribution in [0.1, 0.15) is 36.3 Å². The summed E-state index contributed by atoms with van der Waals surface area (Å²) in [5.74, 6) is 0.440. The molecule has 5 nitrogen and oxygen atoms in total. The zero-order valence-electron chi connectivity index (χ0n) is 13.3. The fraction of sp³-hybridized carbons (Fsp3) is 0.562. The number of carbonyl (C=O) groups is 2. The zero-order chi connectivity index (χ0) is 16.8. The van der Waals surface area contributed by atoms with Crippen molar-refractivity contribution in [2.45, 2.75) is 33.1 Å².